The number of rotatable bonds is 48. The first kappa shape index (κ1) is 135. The Morgan fingerprint density at radius 1 is 0.343 bits per heavy atom. The van der Waals surface area contributed by atoms with E-state index in [4.69, 9.17) is 76.3 Å². The molecule has 0 spiro atoms. The molecule has 3 aromatic rings. The smallest absolute Gasteiger partial charge is 0.446 e. The van der Waals surface area contributed by atoms with Crippen LogP contribution in [0.1, 0.15) is 332 Å². The SMILES string of the molecule is C.C.CC(C)(C)OC(=O)CCC(CCC(=O)OC(C)(C)C)(CCC(=O)OC(C)(C)C)NC(=O)CCCC(=O)OCc1ccccc1.CC(C)(C)OC(=O)CCC(N)(CCC(=O)OC(C)(C)C)CCC(=O)OC(C)(C)C.CPPF.O=C(O)CCC(CCC(=O)O)(CCC(=O)O)NC(=O)CCCC(=O)OCc1ccccc1.O=C(O)CCCC(=O)OCc1ccccc1.O=CC(F)(F)F.[2H]CF.[2H]CF. The zero-order chi connectivity index (χ0) is 107. The minimum Gasteiger partial charge on any atom is -0.481 e. The summed E-state index contributed by atoms with van der Waals surface area (Å²) < 4.78 is 121. The summed E-state index contributed by atoms with van der Waals surface area (Å²) in [6, 6.07) is 27.7. The van der Waals surface area contributed by atoms with Crippen LogP contribution in [0.2, 0.25) is 0 Å². The molecule has 0 aliphatic rings. The van der Waals surface area contributed by atoms with Gasteiger partial charge in [0.25, 0.3) is 0 Å². The van der Waals surface area contributed by atoms with Gasteiger partial charge >= 0.3 is 83.8 Å². The van der Waals surface area contributed by atoms with E-state index in [1.54, 1.807) is 125 Å². The average Bonchev–Trinajstić information content (AvgIpc) is 0.837. The Bertz CT molecular complexity index is 3820. The maximum Gasteiger partial charge on any atom is 0.446 e. The lowest BCUT2D eigenvalue weighted by molar-refractivity contribution is -0.158. The molecule has 0 bridgehead atoms. The Morgan fingerprint density at radius 2 is 0.526 bits per heavy atom. The molecule has 0 saturated carbocycles. The molecule has 0 saturated heterocycles. The number of alkyl halides is 5. The van der Waals surface area contributed by atoms with E-state index >= 15 is 0 Å². The van der Waals surface area contributed by atoms with Crippen LogP contribution in [0, 0.1) is 0 Å². The van der Waals surface area contributed by atoms with Gasteiger partial charge in [-0.1, -0.05) is 114 Å². The quantitative estimate of drug-likeness (QED) is 0.00907. The third-order valence-electron chi connectivity index (χ3n) is 17.0. The fourth-order valence-corrected chi connectivity index (χ4v) is 11.3. The summed E-state index contributed by atoms with van der Waals surface area (Å²) in [4.78, 5) is 187. The zero-order valence-electron chi connectivity index (χ0n) is 83.7. The van der Waals surface area contributed by atoms with E-state index in [1.807, 2.05) is 97.7 Å². The molecule has 2 unspecified atom stereocenters. The molecule has 0 fully saturated rings. The van der Waals surface area contributed by atoms with Crippen molar-refractivity contribution in [3.63, 3.8) is 0 Å². The van der Waals surface area contributed by atoms with Crippen LogP contribution < -0.4 is 16.4 Å². The van der Waals surface area contributed by atoms with Crippen molar-refractivity contribution in [3.8, 4) is 0 Å². The number of benzene rings is 3. The molecular formula is C97H157F6N3O29P2. The van der Waals surface area contributed by atoms with Crippen molar-refractivity contribution < 1.29 is 169 Å². The number of aldehydes is 1. The molecule has 40 heteroatoms. The average molecular weight is 2010 g/mol. The summed E-state index contributed by atoms with van der Waals surface area (Å²) in [5, 5.41) is 41.0. The molecule has 0 aliphatic heterocycles. The van der Waals surface area contributed by atoms with Crippen molar-refractivity contribution in [2.45, 2.75) is 389 Å². The third kappa shape index (κ3) is 91.9. The molecule has 8 N–H and O–H groups in total. The number of carbonyl (C=O) groups is 16. The van der Waals surface area contributed by atoms with E-state index in [0.29, 0.717) is 34.0 Å². The number of aliphatic carboxylic acids is 4. The number of carbonyl (C=O) groups excluding carboxylic acids is 12. The van der Waals surface area contributed by atoms with E-state index in [0.717, 1.165) is 16.7 Å². The van der Waals surface area contributed by atoms with Gasteiger partial charge in [-0.25, -0.2) is 4.20 Å². The molecule has 786 valence electrons. The van der Waals surface area contributed by atoms with Crippen LogP contribution in [-0.4, -0.2) is 193 Å². The lowest BCUT2D eigenvalue weighted by Gasteiger charge is -2.36. The molecule has 0 radical (unpaired) electrons. The Kier molecular flexibility index (Phi) is 73.0. The normalized spacial score (nSPS) is 11.5. The molecule has 3 rings (SSSR count). The highest BCUT2D eigenvalue weighted by molar-refractivity contribution is 8.09. The van der Waals surface area contributed by atoms with Gasteiger partial charge in [0, 0.05) is 113 Å². The zero-order valence-corrected chi connectivity index (χ0v) is 83.7. The van der Waals surface area contributed by atoms with Crippen LogP contribution in [0.4, 0.5) is 26.1 Å². The molecule has 0 aliphatic carbocycles. The number of carboxylic acid groups (broad SMARTS) is 4. The van der Waals surface area contributed by atoms with Gasteiger partial charge in [0.2, 0.25) is 18.1 Å². The van der Waals surface area contributed by atoms with Gasteiger partial charge in [0.15, 0.2) is 0 Å². The monoisotopic (exact) mass is 2010 g/mol. The highest BCUT2D eigenvalue weighted by atomic mass is 32.0. The van der Waals surface area contributed by atoms with E-state index < -0.39 is 137 Å². The number of esters is 9. The highest BCUT2D eigenvalue weighted by Gasteiger charge is 2.38. The van der Waals surface area contributed by atoms with Gasteiger partial charge in [-0.05, 0) is 225 Å². The second kappa shape index (κ2) is 73.9. The van der Waals surface area contributed by atoms with Gasteiger partial charge in [0.1, 0.15) is 53.4 Å². The second-order valence-corrected chi connectivity index (χ2v) is 39.4. The van der Waals surface area contributed by atoms with Crippen LogP contribution in [-0.2, 0) is 139 Å². The first-order chi connectivity index (χ1) is 63.1. The van der Waals surface area contributed by atoms with Crippen molar-refractivity contribution in [1.82, 2.24) is 10.6 Å². The fraction of sp³-hybridized carbons (Fsp3) is 0.649. The lowest BCUT2D eigenvalue weighted by Crippen LogP contribution is -2.50. The van der Waals surface area contributed by atoms with Gasteiger partial charge in [-0.3, -0.25) is 85.5 Å². The van der Waals surface area contributed by atoms with Gasteiger partial charge in [-0.15, -0.1) is 0 Å². The standard InChI is InChI=1S/C34H53NO9.C22H29NO9.C22H41NO6.C12H14O4.C2HF3O.CH5FP2.2CH3F.2CH4/c1-31(2,3)42-28(38)18-21-34(22-19-29(39)43-32(4,5)6,23-20-30(40)44-33(7,8)9)35-26(36)16-13-17-27(37)41-24-25-14-11-10-12-15-25;24-17(7-4-8-21(31)32-15-16-5-2-1-3-6-16)23-22(12-9-18(25)26,13-10-19(27)28)14-11-20(29)30;1-19(2,3)27-16(24)10-13-22(23,14-11-17(25)28-20(4,5)6)15-12-18(26)29-21(7,8)9;13-11(14)7-4-8-12(15)16-9-10-5-2-1-3-6-10;3-2(4,5)1-6;1-3-4-2;2*1-2;;/h10-12,14-15H,13,16-24H2,1-9H3,(H,35,36);1-3,5-6H,4,7-15H2,(H,23,24)(H,25,26)(H,27,28)(H,29,30);10-15,23H2,1-9H3;1-3,5-6H,4,7-9H2,(H,13,14);1H;3-4H,1H3;2*1H3;2*1H4/i;;;;;;2*1D;;. The van der Waals surface area contributed by atoms with Crippen molar-refractivity contribution in [2.24, 2.45) is 5.73 Å². The molecule has 2 amide bonds. The van der Waals surface area contributed by atoms with Crippen molar-refractivity contribution in [2.75, 3.05) is 21.0 Å². The van der Waals surface area contributed by atoms with Crippen LogP contribution in [0.5, 0.6) is 0 Å². The maximum atomic E-state index is 13.2. The molecule has 0 heterocycles. The molecule has 2 atom stereocenters. The van der Waals surface area contributed by atoms with E-state index in [-0.39, 0.29) is 221 Å². The molecule has 0 aromatic heterocycles. The van der Waals surface area contributed by atoms with Crippen molar-refractivity contribution >= 4 is 113 Å². The third-order valence-corrected chi connectivity index (χ3v) is 17.7. The van der Waals surface area contributed by atoms with Gasteiger partial charge in [0.05, 0.1) is 25.6 Å². The topological polar surface area (TPSA) is 487 Å². The summed E-state index contributed by atoms with van der Waals surface area (Å²) in [6.45, 7) is 34.4. The summed E-state index contributed by atoms with van der Waals surface area (Å²) in [5.74, 6) is -8.94. The molecular weight excluding hydrogens is 1850 g/mol. The first-order valence-electron chi connectivity index (χ1n) is 44.9. The van der Waals surface area contributed by atoms with E-state index in [1.165, 1.54) is 0 Å². The summed E-state index contributed by atoms with van der Waals surface area (Å²) in [5.41, 5.74) is 2.00. The number of hydrogen-bond acceptors (Lipinski definition) is 26. The summed E-state index contributed by atoms with van der Waals surface area (Å²) >= 11 is 0. The Hall–Kier alpha value is -10.2. The van der Waals surface area contributed by atoms with Crippen LogP contribution >= 0.6 is 16.8 Å². The molecule has 137 heavy (non-hydrogen) atoms. The predicted octanol–water partition coefficient (Wildman–Crippen LogP) is 19.5. The van der Waals surface area contributed by atoms with E-state index in [2.05, 4.69) is 10.6 Å². The maximum absolute atomic E-state index is 13.2. The summed E-state index contributed by atoms with van der Waals surface area (Å²) in [7, 11) is -1.83. The van der Waals surface area contributed by atoms with Crippen molar-refractivity contribution in [3.05, 3.63) is 108 Å². The number of nitrogens with two attached hydrogens (primary N) is 1. The predicted molar refractivity (Wildman–Crippen MR) is 511 cm³/mol. The van der Waals surface area contributed by atoms with Crippen molar-refractivity contribution in [1.29, 1.82) is 0 Å². The lowest BCUT2D eigenvalue weighted by atomic mass is 9.83. The number of halogens is 6. The highest BCUT2D eigenvalue weighted by Crippen LogP contribution is 2.34. The molecule has 3 aromatic carbocycles. The minimum atomic E-state index is -4.64. The van der Waals surface area contributed by atoms with Crippen LogP contribution in [0.15, 0.2) is 91.0 Å². The van der Waals surface area contributed by atoms with Gasteiger partial charge in [-0.2, -0.15) is 13.2 Å². The second-order valence-electron chi connectivity index (χ2n) is 36.6. The Morgan fingerprint density at radius 3 is 0.701 bits per heavy atom. The fourth-order valence-electron chi connectivity index (χ4n) is 11.3. The van der Waals surface area contributed by atoms with Crippen LogP contribution in [0.25, 0.3) is 0 Å². The molecule has 32 nitrogen and oxygen atoms in total. The Labute approximate surface area is 811 Å². The number of amides is 2. The Balaban J connectivity index is -0.000000326. The van der Waals surface area contributed by atoms with Gasteiger partial charge < -0.3 is 79.4 Å². The number of carboxylic acids is 4. The van der Waals surface area contributed by atoms with Crippen LogP contribution in [0.3, 0.4) is 0 Å². The number of ether oxygens (including phenoxy) is 9. The number of hydrogen-bond donors (Lipinski definition) is 7. The minimum absolute atomic E-state index is 0. The first-order valence-corrected chi connectivity index (χ1v) is 46.9. The summed E-state index contributed by atoms with van der Waals surface area (Å²) in [6.07, 6.45) is -4.79. The number of nitrogens with one attached hydrogen (secondary N) is 2. The van der Waals surface area contributed by atoms with E-state index in [9.17, 15) is 98.1 Å². The largest absolute Gasteiger partial charge is 0.481 e.